The molecule has 3 aliphatic rings. The van der Waals surface area contributed by atoms with Gasteiger partial charge in [0.1, 0.15) is 37.1 Å². The van der Waals surface area contributed by atoms with Gasteiger partial charge in [-0.3, -0.25) is 38.4 Å². The first-order chi connectivity index (χ1) is 34.8. The fourth-order valence-electron chi connectivity index (χ4n) is 9.53. The normalized spacial score (nSPS) is 25.5. The predicted molar refractivity (Wildman–Crippen MR) is 268 cm³/mol. The fourth-order valence-corrected chi connectivity index (χ4v) is 9.53. The quantitative estimate of drug-likeness (QED) is 0.146. The number of fused-ring (bicyclic) bond motifs is 2. The fraction of sp³-hybridized carbons (Fsp3) is 0.518. The molecule has 0 aromatic heterocycles. The van der Waals surface area contributed by atoms with E-state index in [2.05, 4.69) is 16.0 Å². The molecule has 2 heterocycles. The van der Waals surface area contributed by atoms with Crippen LogP contribution in [0.15, 0.2) is 91.0 Å². The Kier molecular flexibility index (Phi) is 19.6. The van der Waals surface area contributed by atoms with Crippen molar-refractivity contribution in [3.05, 3.63) is 108 Å². The first-order valence-electron chi connectivity index (χ1n) is 25.5. The first kappa shape index (κ1) is 55.6. The lowest BCUT2D eigenvalue weighted by atomic mass is 9.86. The number of carbonyl (C=O) groups excluding carboxylic acids is 9. The predicted octanol–water partition coefficient (Wildman–Crippen LogP) is 4.40. The zero-order valence-corrected chi connectivity index (χ0v) is 42.7. The maximum Gasteiger partial charge on any atom is 0.329 e. The van der Waals surface area contributed by atoms with Crippen LogP contribution in [0.1, 0.15) is 103 Å². The van der Waals surface area contributed by atoms with E-state index >= 15 is 4.79 Å². The van der Waals surface area contributed by atoms with Gasteiger partial charge in [-0.2, -0.15) is 0 Å². The summed E-state index contributed by atoms with van der Waals surface area (Å²) in [6.45, 7) is 7.76. The number of benzene rings is 3. The Morgan fingerprint density at radius 3 is 1.97 bits per heavy atom. The standard InChI is InChI=1S/C56H71N5O12/c1-33(2)49-56(71)73-36(5)42(31-45(62)35(4)57-51(66)34(3)28-48(65)72-32-39-20-14-9-15-21-39)52(67)59-50(40-23-24-40)46(63)30-41-25-27-47(64)61(54(41)69)43(26-22-37-16-10-7-11-17-37)55(70)60(6)44(53(68)58-49)29-38-18-12-8-13-19-38/h7-21,33-36,40-44,47,49-50,64H,22-32H2,1-6H3,(H,57,66)(H,58,68)(H,59,67)/t34-,35+,36-,41-,42+,43+,44+,47-,49+,50+/m1/s1. The number of ether oxygens (including phenoxy) is 2. The van der Waals surface area contributed by atoms with E-state index in [0.29, 0.717) is 24.8 Å². The highest BCUT2D eigenvalue weighted by Gasteiger charge is 2.47. The molecule has 6 rings (SSSR count). The minimum absolute atomic E-state index is 0.00294. The minimum atomic E-state index is -1.40. The van der Waals surface area contributed by atoms with Crippen LogP contribution in [0, 0.1) is 29.6 Å². The first-order valence-corrected chi connectivity index (χ1v) is 25.5. The number of rotatable bonds is 16. The minimum Gasteiger partial charge on any atom is -0.461 e. The third-order valence-corrected chi connectivity index (χ3v) is 14.3. The van der Waals surface area contributed by atoms with Gasteiger partial charge >= 0.3 is 11.9 Å². The van der Waals surface area contributed by atoms with Crippen LogP contribution >= 0.6 is 0 Å². The Morgan fingerprint density at radius 1 is 0.767 bits per heavy atom. The van der Waals surface area contributed by atoms with Crippen molar-refractivity contribution in [1.82, 2.24) is 25.8 Å². The number of likely N-dealkylation sites (N-methyl/N-ethyl adjacent to an activating group) is 1. The number of aryl methyl sites for hydroxylation is 1. The molecule has 5 amide bonds. The molecule has 4 N–H and O–H groups in total. The average molecular weight is 1010 g/mol. The molecule has 0 radical (unpaired) electrons. The molecular formula is C56H71N5O12. The summed E-state index contributed by atoms with van der Waals surface area (Å²) in [5.74, 6) is -10.0. The molecule has 10 atom stereocenters. The van der Waals surface area contributed by atoms with Crippen molar-refractivity contribution in [2.75, 3.05) is 7.05 Å². The maximum atomic E-state index is 15.1. The van der Waals surface area contributed by atoms with Gasteiger partial charge in [-0.25, -0.2) is 4.79 Å². The maximum absolute atomic E-state index is 15.1. The Bertz CT molecular complexity index is 2430. The number of hydrogen-bond acceptors (Lipinski definition) is 12. The highest BCUT2D eigenvalue weighted by molar-refractivity contribution is 5.98. The Balaban J connectivity index is 1.30. The van der Waals surface area contributed by atoms with Gasteiger partial charge in [-0.1, -0.05) is 112 Å². The second-order valence-corrected chi connectivity index (χ2v) is 20.3. The van der Waals surface area contributed by atoms with Crippen LogP contribution in [0.25, 0.3) is 0 Å². The van der Waals surface area contributed by atoms with Crippen molar-refractivity contribution >= 4 is 53.0 Å². The van der Waals surface area contributed by atoms with E-state index in [4.69, 9.17) is 9.47 Å². The van der Waals surface area contributed by atoms with E-state index in [1.54, 1.807) is 56.3 Å². The number of nitrogens with one attached hydrogen (secondary N) is 3. The number of hydrogen-bond donors (Lipinski definition) is 4. The number of aliphatic hydroxyl groups excluding tert-OH is 1. The smallest absolute Gasteiger partial charge is 0.329 e. The van der Waals surface area contributed by atoms with E-state index in [-0.39, 0.29) is 51.0 Å². The lowest BCUT2D eigenvalue weighted by Gasteiger charge is -2.43. The molecule has 2 bridgehead atoms. The molecule has 3 fully saturated rings. The lowest BCUT2D eigenvalue weighted by molar-refractivity contribution is -0.168. The van der Waals surface area contributed by atoms with Crippen LogP contribution < -0.4 is 16.0 Å². The number of Topliss-reactive ketones (excluding diaryl/α,β-unsaturated/α-hetero) is 2. The second kappa shape index (κ2) is 25.8. The molecule has 0 spiro atoms. The Labute approximate surface area is 427 Å². The highest BCUT2D eigenvalue weighted by Crippen LogP contribution is 2.36. The lowest BCUT2D eigenvalue weighted by Crippen LogP contribution is -2.61. The van der Waals surface area contributed by atoms with Gasteiger partial charge in [0.05, 0.1) is 24.4 Å². The van der Waals surface area contributed by atoms with Gasteiger partial charge in [0.15, 0.2) is 11.6 Å². The number of aliphatic hydroxyl groups is 1. The van der Waals surface area contributed by atoms with Crippen LogP contribution in [-0.4, -0.2) is 118 Å². The highest BCUT2D eigenvalue weighted by atomic mass is 16.5. The summed E-state index contributed by atoms with van der Waals surface area (Å²) in [5, 5.41) is 19.9. The SMILES string of the molecule is CC(C)[C@@H]1NC(=O)[C@H](Cc2ccccc2)N(C)C(=O)[C@H](CCc2ccccc2)N2C(=O)[C@H](CC[C@H]2O)CC(=O)[C@H](C2CC2)NC(=O)[C@@H](CC(=O)[C@H](C)NC(=O)[C@H](C)CC(=O)OCc2ccccc2)[C@@H](C)OC1=O. The van der Waals surface area contributed by atoms with Crippen LogP contribution in [0.3, 0.4) is 0 Å². The molecule has 2 saturated heterocycles. The van der Waals surface area contributed by atoms with Crippen LogP contribution in [-0.2, 0) is 72.1 Å². The van der Waals surface area contributed by atoms with Crippen molar-refractivity contribution in [1.29, 1.82) is 0 Å². The summed E-state index contributed by atoms with van der Waals surface area (Å²) in [4.78, 5) is 130. The largest absolute Gasteiger partial charge is 0.461 e. The van der Waals surface area contributed by atoms with Gasteiger partial charge in [-0.05, 0) is 80.9 Å². The van der Waals surface area contributed by atoms with Gasteiger partial charge < -0.3 is 40.3 Å². The summed E-state index contributed by atoms with van der Waals surface area (Å²) in [7, 11) is 1.45. The molecule has 1 aliphatic carbocycles. The third-order valence-electron chi connectivity index (χ3n) is 14.3. The number of piperidine rings is 1. The number of carbonyl (C=O) groups is 9. The number of nitrogens with zero attached hydrogens (tertiary/aromatic N) is 2. The summed E-state index contributed by atoms with van der Waals surface area (Å²) < 4.78 is 11.3. The van der Waals surface area contributed by atoms with E-state index in [0.717, 1.165) is 16.0 Å². The van der Waals surface area contributed by atoms with Crippen molar-refractivity contribution in [2.45, 2.75) is 148 Å². The topological polar surface area (TPSA) is 235 Å². The van der Waals surface area contributed by atoms with Crippen molar-refractivity contribution in [2.24, 2.45) is 29.6 Å². The van der Waals surface area contributed by atoms with E-state index in [9.17, 15) is 43.5 Å². The van der Waals surface area contributed by atoms with Crippen molar-refractivity contribution < 1.29 is 57.7 Å². The van der Waals surface area contributed by atoms with Gasteiger partial charge in [0.25, 0.3) is 0 Å². The van der Waals surface area contributed by atoms with Gasteiger partial charge in [0.2, 0.25) is 29.5 Å². The van der Waals surface area contributed by atoms with Crippen LogP contribution in [0.2, 0.25) is 0 Å². The van der Waals surface area contributed by atoms with Crippen LogP contribution in [0.5, 0.6) is 0 Å². The zero-order chi connectivity index (χ0) is 52.9. The average Bonchev–Trinajstić information content (AvgIpc) is 4.22. The van der Waals surface area contributed by atoms with E-state index < -0.39 is 126 Å². The molecular weight excluding hydrogens is 935 g/mol. The molecule has 3 aromatic rings. The summed E-state index contributed by atoms with van der Waals surface area (Å²) in [6, 6.07) is 21.3. The number of esters is 2. The third kappa shape index (κ3) is 15.2. The van der Waals surface area contributed by atoms with Crippen molar-refractivity contribution in [3.63, 3.8) is 0 Å². The monoisotopic (exact) mass is 1010 g/mol. The molecule has 392 valence electrons. The van der Waals surface area contributed by atoms with Gasteiger partial charge in [-0.15, -0.1) is 0 Å². The van der Waals surface area contributed by atoms with E-state index in [1.165, 1.54) is 32.7 Å². The second-order valence-electron chi connectivity index (χ2n) is 20.3. The Hall–Kier alpha value is -6.75. The molecule has 0 unspecified atom stereocenters. The number of amides is 5. The van der Waals surface area contributed by atoms with E-state index in [1.807, 2.05) is 48.5 Å². The summed E-state index contributed by atoms with van der Waals surface area (Å²) in [5.41, 5.74) is 2.34. The zero-order valence-electron chi connectivity index (χ0n) is 42.7. The van der Waals surface area contributed by atoms with Gasteiger partial charge in [0, 0.05) is 38.1 Å². The molecule has 17 heteroatoms. The number of cyclic esters (lactones) is 1. The van der Waals surface area contributed by atoms with Crippen LogP contribution in [0.4, 0.5) is 0 Å². The summed E-state index contributed by atoms with van der Waals surface area (Å²) in [6.07, 6.45) is -2.07. The molecule has 3 aromatic carbocycles. The van der Waals surface area contributed by atoms with Crippen molar-refractivity contribution in [3.8, 4) is 0 Å². The molecule has 1 saturated carbocycles. The molecule has 73 heavy (non-hydrogen) atoms. The molecule has 17 nitrogen and oxygen atoms in total. The molecule has 2 aliphatic heterocycles. The summed E-state index contributed by atoms with van der Waals surface area (Å²) >= 11 is 0. The Morgan fingerprint density at radius 2 is 1.37 bits per heavy atom. The number of ketones is 2.